The molecule has 3 rings (SSSR count). The molecule has 2 aliphatic rings. The fourth-order valence-corrected chi connectivity index (χ4v) is 3.44. The van der Waals surface area contributed by atoms with Crippen molar-refractivity contribution in [2.24, 2.45) is 5.92 Å². The van der Waals surface area contributed by atoms with E-state index in [1.807, 2.05) is 6.92 Å². The number of rotatable bonds is 4. The summed E-state index contributed by atoms with van der Waals surface area (Å²) in [7, 11) is 0. The zero-order chi connectivity index (χ0) is 16.4. The van der Waals surface area contributed by atoms with E-state index < -0.39 is 11.6 Å². The Hall–Kier alpha value is -2.31. The molecule has 7 nitrogen and oxygen atoms in total. The third-order valence-corrected chi connectivity index (χ3v) is 4.84. The van der Waals surface area contributed by atoms with E-state index in [-0.39, 0.29) is 30.8 Å². The van der Waals surface area contributed by atoms with Crippen LogP contribution in [0.1, 0.15) is 38.4 Å². The molecule has 2 heterocycles. The number of nitrogens with zero attached hydrogens (tertiary/aromatic N) is 1. The SMILES string of the molecule is CC1CCCCC12NC(=O)N(CC(=O)NCc1ccco1)C2=O. The maximum atomic E-state index is 12.7. The summed E-state index contributed by atoms with van der Waals surface area (Å²) in [6.45, 7) is 1.95. The Morgan fingerprint density at radius 3 is 3.00 bits per heavy atom. The van der Waals surface area contributed by atoms with Gasteiger partial charge in [0.1, 0.15) is 17.8 Å². The van der Waals surface area contributed by atoms with E-state index in [0.717, 1.165) is 24.2 Å². The van der Waals surface area contributed by atoms with E-state index in [1.165, 1.54) is 6.26 Å². The predicted molar refractivity (Wildman–Crippen MR) is 81.2 cm³/mol. The quantitative estimate of drug-likeness (QED) is 0.821. The molecule has 1 aliphatic heterocycles. The number of amides is 4. The van der Waals surface area contributed by atoms with Crippen LogP contribution in [0, 0.1) is 5.92 Å². The van der Waals surface area contributed by atoms with Gasteiger partial charge in [-0.25, -0.2) is 4.79 Å². The van der Waals surface area contributed by atoms with Crippen molar-refractivity contribution in [3.8, 4) is 0 Å². The van der Waals surface area contributed by atoms with Crippen molar-refractivity contribution in [2.45, 2.75) is 44.7 Å². The number of urea groups is 1. The van der Waals surface area contributed by atoms with E-state index in [1.54, 1.807) is 12.1 Å². The average molecular weight is 319 g/mol. The summed E-state index contributed by atoms with van der Waals surface area (Å²) in [5.41, 5.74) is -0.823. The highest BCUT2D eigenvalue weighted by atomic mass is 16.3. The standard InChI is InChI=1S/C16H21N3O4/c1-11-5-2-3-7-16(11)14(21)19(15(22)18-16)10-13(20)17-9-12-6-4-8-23-12/h4,6,8,11H,2-3,5,7,9-10H2,1H3,(H,17,20)(H,18,22). The number of nitrogens with one attached hydrogen (secondary N) is 2. The first kappa shape index (κ1) is 15.6. The molecule has 1 spiro atoms. The van der Waals surface area contributed by atoms with Crippen LogP contribution in [-0.2, 0) is 16.1 Å². The van der Waals surface area contributed by atoms with Crippen molar-refractivity contribution < 1.29 is 18.8 Å². The maximum Gasteiger partial charge on any atom is 0.325 e. The van der Waals surface area contributed by atoms with Gasteiger partial charge >= 0.3 is 6.03 Å². The lowest BCUT2D eigenvalue weighted by molar-refractivity contribution is -0.137. The summed E-state index contributed by atoms with van der Waals surface area (Å²) >= 11 is 0. The van der Waals surface area contributed by atoms with Crippen molar-refractivity contribution in [2.75, 3.05) is 6.54 Å². The van der Waals surface area contributed by atoms with E-state index in [9.17, 15) is 14.4 Å². The first-order chi connectivity index (χ1) is 11.0. The Morgan fingerprint density at radius 2 is 2.30 bits per heavy atom. The Morgan fingerprint density at radius 1 is 1.48 bits per heavy atom. The number of hydrogen-bond donors (Lipinski definition) is 2. The third kappa shape index (κ3) is 2.83. The van der Waals surface area contributed by atoms with Gasteiger partial charge in [-0.05, 0) is 30.9 Å². The van der Waals surface area contributed by atoms with E-state index >= 15 is 0 Å². The molecule has 1 saturated heterocycles. The minimum Gasteiger partial charge on any atom is -0.467 e. The summed E-state index contributed by atoms with van der Waals surface area (Å²) in [5, 5.41) is 5.48. The molecule has 124 valence electrons. The van der Waals surface area contributed by atoms with E-state index in [4.69, 9.17) is 4.42 Å². The Balaban J connectivity index is 1.62. The molecular formula is C16H21N3O4. The van der Waals surface area contributed by atoms with E-state index in [2.05, 4.69) is 10.6 Å². The molecule has 1 saturated carbocycles. The minimum atomic E-state index is -0.823. The molecule has 2 fully saturated rings. The van der Waals surface area contributed by atoms with Crippen LogP contribution in [0.25, 0.3) is 0 Å². The Kier molecular flexibility index (Phi) is 4.11. The molecule has 1 aromatic rings. The highest BCUT2D eigenvalue weighted by molar-refractivity contribution is 6.09. The Bertz CT molecular complexity index is 613. The summed E-state index contributed by atoms with van der Waals surface area (Å²) in [6, 6.07) is 3.00. The predicted octanol–water partition coefficient (Wildman–Crippen LogP) is 1.40. The molecule has 0 bridgehead atoms. The second-order valence-corrected chi connectivity index (χ2v) is 6.30. The van der Waals surface area contributed by atoms with Crippen molar-refractivity contribution in [1.82, 2.24) is 15.5 Å². The number of imide groups is 1. The normalized spacial score (nSPS) is 27.3. The lowest BCUT2D eigenvalue weighted by Crippen LogP contribution is -2.54. The molecule has 4 amide bonds. The van der Waals surface area contributed by atoms with Crippen LogP contribution < -0.4 is 10.6 Å². The molecule has 2 atom stereocenters. The van der Waals surface area contributed by atoms with Crippen LogP contribution in [0.5, 0.6) is 0 Å². The number of furan rings is 1. The second kappa shape index (κ2) is 6.06. The number of carbonyl (C=O) groups excluding carboxylic acids is 3. The van der Waals surface area contributed by atoms with Gasteiger partial charge in [0.25, 0.3) is 5.91 Å². The maximum absolute atomic E-state index is 12.7. The highest BCUT2D eigenvalue weighted by Gasteiger charge is 2.55. The topological polar surface area (TPSA) is 91.7 Å². The zero-order valence-electron chi connectivity index (χ0n) is 13.1. The van der Waals surface area contributed by atoms with Gasteiger partial charge in [-0.3, -0.25) is 14.5 Å². The summed E-state index contributed by atoms with van der Waals surface area (Å²) in [4.78, 5) is 37.9. The molecule has 2 N–H and O–H groups in total. The monoisotopic (exact) mass is 319 g/mol. The Labute approximate surface area is 134 Å². The second-order valence-electron chi connectivity index (χ2n) is 6.30. The van der Waals surface area contributed by atoms with Gasteiger partial charge in [-0.2, -0.15) is 0 Å². The fraction of sp³-hybridized carbons (Fsp3) is 0.562. The third-order valence-electron chi connectivity index (χ3n) is 4.84. The van der Waals surface area contributed by atoms with Gasteiger partial charge in [0, 0.05) is 0 Å². The zero-order valence-corrected chi connectivity index (χ0v) is 13.1. The lowest BCUT2D eigenvalue weighted by Gasteiger charge is -2.36. The van der Waals surface area contributed by atoms with Crippen LogP contribution in [0.2, 0.25) is 0 Å². The van der Waals surface area contributed by atoms with Crippen LogP contribution >= 0.6 is 0 Å². The molecule has 0 aromatic carbocycles. The molecule has 23 heavy (non-hydrogen) atoms. The van der Waals surface area contributed by atoms with Crippen molar-refractivity contribution in [1.29, 1.82) is 0 Å². The summed E-state index contributed by atoms with van der Waals surface area (Å²) in [5.74, 6) is 0.0464. The molecule has 2 unspecified atom stereocenters. The van der Waals surface area contributed by atoms with Gasteiger partial charge < -0.3 is 15.1 Å². The first-order valence-corrected chi connectivity index (χ1v) is 7.96. The smallest absolute Gasteiger partial charge is 0.325 e. The molecule has 1 aromatic heterocycles. The largest absolute Gasteiger partial charge is 0.467 e. The first-order valence-electron chi connectivity index (χ1n) is 7.96. The van der Waals surface area contributed by atoms with Crippen molar-refractivity contribution in [3.05, 3.63) is 24.2 Å². The van der Waals surface area contributed by atoms with Crippen LogP contribution in [0.4, 0.5) is 4.79 Å². The lowest BCUT2D eigenvalue weighted by atomic mass is 9.73. The van der Waals surface area contributed by atoms with Gasteiger partial charge in [0.2, 0.25) is 5.91 Å². The van der Waals surface area contributed by atoms with Crippen LogP contribution in [0.15, 0.2) is 22.8 Å². The van der Waals surface area contributed by atoms with Gasteiger partial charge in [-0.1, -0.05) is 19.8 Å². The summed E-state index contributed by atoms with van der Waals surface area (Å²) < 4.78 is 5.13. The van der Waals surface area contributed by atoms with Gasteiger partial charge in [0.05, 0.1) is 12.8 Å². The summed E-state index contributed by atoms with van der Waals surface area (Å²) in [6.07, 6.45) is 5.05. The number of hydrogen-bond acceptors (Lipinski definition) is 4. The van der Waals surface area contributed by atoms with E-state index in [0.29, 0.717) is 12.2 Å². The average Bonchev–Trinajstić information content (AvgIpc) is 3.12. The minimum absolute atomic E-state index is 0.0869. The van der Waals surface area contributed by atoms with Crippen LogP contribution in [-0.4, -0.2) is 34.8 Å². The molecular weight excluding hydrogens is 298 g/mol. The van der Waals surface area contributed by atoms with Gasteiger partial charge in [0.15, 0.2) is 0 Å². The number of carbonyl (C=O) groups is 3. The molecule has 0 radical (unpaired) electrons. The highest BCUT2D eigenvalue weighted by Crippen LogP contribution is 2.38. The molecule has 1 aliphatic carbocycles. The fourth-order valence-electron chi connectivity index (χ4n) is 3.44. The van der Waals surface area contributed by atoms with Gasteiger partial charge in [-0.15, -0.1) is 0 Å². The molecule has 7 heteroatoms. The van der Waals surface area contributed by atoms with Crippen molar-refractivity contribution >= 4 is 17.8 Å². The van der Waals surface area contributed by atoms with Crippen molar-refractivity contribution in [3.63, 3.8) is 0 Å². The van der Waals surface area contributed by atoms with Crippen LogP contribution in [0.3, 0.4) is 0 Å².